The molecule has 2 aromatic rings. The second-order valence-electron chi connectivity index (χ2n) is 7.14. The van der Waals surface area contributed by atoms with Crippen molar-refractivity contribution < 1.29 is 9.59 Å². The highest BCUT2D eigenvalue weighted by Gasteiger charge is 2.29. The van der Waals surface area contributed by atoms with Crippen molar-refractivity contribution in [2.24, 2.45) is 13.0 Å². The molecule has 7 heteroatoms. The van der Waals surface area contributed by atoms with Crippen LogP contribution >= 0.6 is 0 Å². The van der Waals surface area contributed by atoms with Gasteiger partial charge >= 0.3 is 11.8 Å². The fraction of sp³-hybridized carbons (Fsp3) is 0.474. The zero-order valence-electron chi connectivity index (χ0n) is 15.5. The minimum atomic E-state index is -0.585. The number of nitrogens with zero attached hydrogens (tertiary/aromatic N) is 4. The zero-order chi connectivity index (χ0) is 18.7. The summed E-state index contributed by atoms with van der Waals surface area (Å²) in [6, 6.07) is 7.70. The molecule has 0 aliphatic carbocycles. The maximum Gasteiger partial charge on any atom is 0.312 e. The van der Waals surface area contributed by atoms with Gasteiger partial charge in [-0.15, -0.1) is 0 Å². The van der Waals surface area contributed by atoms with Gasteiger partial charge in [-0.2, -0.15) is 5.10 Å². The Hall–Kier alpha value is -2.70. The Morgan fingerprint density at radius 2 is 1.96 bits per heavy atom. The Morgan fingerprint density at radius 1 is 1.23 bits per heavy atom. The minimum absolute atomic E-state index is 0.337. The first-order valence-corrected chi connectivity index (χ1v) is 8.96. The SMILES string of the molecule is CC(C)C[C@H](NC(=O)C(=O)N1CCc2ccccc2C1)c1ncnn1C. The maximum absolute atomic E-state index is 12.7. The van der Waals surface area contributed by atoms with E-state index in [2.05, 4.69) is 35.3 Å². The quantitative estimate of drug-likeness (QED) is 0.845. The molecule has 0 saturated carbocycles. The van der Waals surface area contributed by atoms with Crippen LogP contribution in [-0.2, 0) is 29.6 Å². The minimum Gasteiger partial charge on any atom is -0.338 e. The van der Waals surface area contributed by atoms with Gasteiger partial charge in [-0.3, -0.25) is 14.3 Å². The van der Waals surface area contributed by atoms with Crippen LogP contribution in [-0.4, -0.2) is 38.0 Å². The number of hydrogen-bond donors (Lipinski definition) is 1. The first-order chi connectivity index (χ1) is 12.5. The van der Waals surface area contributed by atoms with Crippen LogP contribution in [0.5, 0.6) is 0 Å². The van der Waals surface area contributed by atoms with Gasteiger partial charge in [0.2, 0.25) is 0 Å². The Labute approximate surface area is 153 Å². The molecule has 1 aromatic heterocycles. The third kappa shape index (κ3) is 3.92. The Balaban J connectivity index is 1.69. The first-order valence-electron chi connectivity index (χ1n) is 8.96. The smallest absolute Gasteiger partial charge is 0.312 e. The van der Waals surface area contributed by atoms with E-state index >= 15 is 0 Å². The highest BCUT2D eigenvalue weighted by Crippen LogP contribution is 2.21. The van der Waals surface area contributed by atoms with E-state index < -0.39 is 11.8 Å². The first kappa shape index (κ1) is 18.1. The summed E-state index contributed by atoms with van der Waals surface area (Å²) in [5.41, 5.74) is 2.35. The van der Waals surface area contributed by atoms with Gasteiger partial charge in [-0.25, -0.2) is 4.98 Å². The summed E-state index contributed by atoms with van der Waals surface area (Å²) in [6.07, 6.45) is 2.92. The van der Waals surface area contributed by atoms with Crippen LogP contribution < -0.4 is 5.32 Å². The van der Waals surface area contributed by atoms with Gasteiger partial charge in [-0.05, 0) is 29.9 Å². The number of rotatable bonds is 4. The summed E-state index contributed by atoms with van der Waals surface area (Å²) in [5, 5.41) is 6.93. The number of hydrogen-bond acceptors (Lipinski definition) is 4. The molecule has 0 unspecified atom stereocenters. The standard InChI is InChI=1S/C19H25N5O2/c1-13(2)10-16(17-20-12-21-23(17)3)22-18(25)19(26)24-9-8-14-6-4-5-7-15(14)11-24/h4-7,12-13,16H,8-11H2,1-3H3,(H,22,25)/t16-/m0/s1. The van der Waals surface area contributed by atoms with Crippen LogP contribution in [0.2, 0.25) is 0 Å². The third-order valence-electron chi connectivity index (χ3n) is 4.68. The normalized spacial score (nSPS) is 14.8. The molecule has 138 valence electrons. The van der Waals surface area contributed by atoms with Crippen molar-refractivity contribution in [1.82, 2.24) is 25.0 Å². The third-order valence-corrected chi connectivity index (χ3v) is 4.68. The number of carbonyl (C=O) groups excluding carboxylic acids is 2. The van der Waals surface area contributed by atoms with E-state index in [1.165, 1.54) is 11.9 Å². The fourth-order valence-electron chi connectivity index (χ4n) is 3.35. The molecular formula is C19H25N5O2. The molecular weight excluding hydrogens is 330 g/mol. The van der Waals surface area contributed by atoms with Crippen LogP contribution in [0.4, 0.5) is 0 Å². The van der Waals surface area contributed by atoms with Gasteiger partial charge in [-0.1, -0.05) is 38.1 Å². The van der Waals surface area contributed by atoms with Crippen molar-refractivity contribution in [3.05, 3.63) is 47.5 Å². The summed E-state index contributed by atoms with van der Waals surface area (Å²) >= 11 is 0. The molecule has 2 heterocycles. The van der Waals surface area contributed by atoms with E-state index in [9.17, 15) is 9.59 Å². The average molecular weight is 355 g/mol. The lowest BCUT2D eigenvalue weighted by atomic mass is 10.00. The molecule has 0 fully saturated rings. The molecule has 1 N–H and O–H groups in total. The van der Waals surface area contributed by atoms with Crippen LogP contribution in [0.25, 0.3) is 0 Å². The predicted octanol–water partition coefficient (Wildman–Crippen LogP) is 1.60. The molecule has 1 aromatic carbocycles. The Bertz CT molecular complexity index is 799. The van der Waals surface area contributed by atoms with Crippen molar-refractivity contribution in [2.45, 2.75) is 39.3 Å². The molecule has 1 aliphatic rings. The fourth-order valence-corrected chi connectivity index (χ4v) is 3.35. The van der Waals surface area contributed by atoms with E-state index in [-0.39, 0.29) is 6.04 Å². The van der Waals surface area contributed by atoms with Gasteiger partial charge in [0.1, 0.15) is 12.2 Å². The Kier molecular flexibility index (Phi) is 5.35. The predicted molar refractivity (Wildman–Crippen MR) is 96.9 cm³/mol. The van der Waals surface area contributed by atoms with E-state index in [1.54, 1.807) is 16.6 Å². The van der Waals surface area contributed by atoms with E-state index in [1.807, 2.05) is 18.2 Å². The number of nitrogens with one attached hydrogen (secondary N) is 1. The van der Waals surface area contributed by atoms with Gasteiger partial charge in [0.05, 0.1) is 6.04 Å². The second kappa shape index (κ2) is 7.68. The van der Waals surface area contributed by atoms with Gasteiger partial charge in [0.25, 0.3) is 0 Å². The number of amides is 2. The van der Waals surface area contributed by atoms with Crippen molar-refractivity contribution in [1.29, 1.82) is 0 Å². The van der Waals surface area contributed by atoms with Gasteiger partial charge in [0, 0.05) is 20.1 Å². The highest BCUT2D eigenvalue weighted by molar-refractivity contribution is 6.35. The lowest BCUT2D eigenvalue weighted by molar-refractivity contribution is -0.147. The summed E-state index contributed by atoms with van der Waals surface area (Å²) in [6.45, 7) is 5.17. The number of fused-ring (bicyclic) bond motifs is 1. The summed E-state index contributed by atoms with van der Waals surface area (Å²) in [7, 11) is 1.78. The lowest BCUT2D eigenvalue weighted by Gasteiger charge is -2.29. The summed E-state index contributed by atoms with van der Waals surface area (Å²) < 4.78 is 1.63. The van der Waals surface area contributed by atoms with Crippen molar-refractivity contribution in [3.63, 3.8) is 0 Å². The molecule has 0 saturated heterocycles. The number of carbonyl (C=O) groups is 2. The average Bonchev–Trinajstić information content (AvgIpc) is 3.05. The monoisotopic (exact) mass is 355 g/mol. The molecule has 3 rings (SSSR count). The molecule has 2 amide bonds. The number of aromatic nitrogens is 3. The van der Waals surface area contributed by atoms with Crippen LogP contribution in [0.15, 0.2) is 30.6 Å². The van der Waals surface area contributed by atoms with Crippen molar-refractivity contribution in [2.75, 3.05) is 6.54 Å². The molecule has 1 aliphatic heterocycles. The molecule has 7 nitrogen and oxygen atoms in total. The van der Waals surface area contributed by atoms with Crippen LogP contribution in [0, 0.1) is 5.92 Å². The van der Waals surface area contributed by atoms with Crippen molar-refractivity contribution in [3.8, 4) is 0 Å². The van der Waals surface area contributed by atoms with E-state index in [4.69, 9.17) is 0 Å². The molecule has 1 atom stereocenters. The van der Waals surface area contributed by atoms with Crippen LogP contribution in [0.3, 0.4) is 0 Å². The molecule has 0 bridgehead atoms. The maximum atomic E-state index is 12.7. The molecule has 0 radical (unpaired) electrons. The summed E-state index contributed by atoms with van der Waals surface area (Å²) in [5.74, 6) is -0.0775. The van der Waals surface area contributed by atoms with Crippen molar-refractivity contribution >= 4 is 11.8 Å². The van der Waals surface area contributed by atoms with E-state index in [0.29, 0.717) is 31.3 Å². The lowest BCUT2D eigenvalue weighted by Crippen LogP contribution is -2.46. The Morgan fingerprint density at radius 3 is 2.62 bits per heavy atom. The highest BCUT2D eigenvalue weighted by atomic mass is 16.2. The number of benzene rings is 1. The van der Waals surface area contributed by atoms with E-state index in [0.717, 1.165) is 12.0 Å². The summed E-state index contributed by atoms with van der Waals surface area (Å²) in [4.78, 5) is 31.1. The zero-order valence-corrected chi connectivity index (χ0v) is 15.5. The van der Waals surface area contributed by atoms with Gasteiger partial charge < -0.3 is 10.2 Å². The second-order valence-corrected chi connectivity index (χ2v) is 7.14. The number of aryl methyl sites for hydroxylation is 1. The van der Waals surface area contributed by atoms with Crippen LogP contribution in [0.1, 0.15) is 43.3 Å². The largest absolute Gasteiger partial charge is 0.338 e. The topological polar surface area (TPSA) is 80.1 Å². The van der Waals surface area contributed by atoms with Gasteiger partial charge in [0.15, 0.2) is 0 Å². The molecule has 0 spiro atoms. The molecule has 26 heavy (non-hydrogen) atoms.